The average molecular weight is 341 g/mol. The van der Waals surface area contributed by atoms with Crippen LogP contribution < -0.4 is 15.2 Å². The van der Waals surface area contributed by atoms with E-state index < -0.39 is 0 Å². The van der Waals surface area contributed by atoms with Gasteiger partial charge in [0, 0.05) is 6.08 Å². The van der Waals surface area contributed by atoms with Crippen LogP contribution in [0.15, 0.2) is 46.9 Å². The topological polar surface area (TPSA) is 83.4 Å². The molecule has 1 heterocycles. The van der Waals surface area contributed by atoms with Crippen LogP contribution in [0.1, 0.15) is 17.0 Å². The van der Waals surface area contributed by atoms with E-state index in [0.717, 1.165) is 11.1 Å². The highest BCUT2D eigenvalue weighted by Crippen LogP contribution is 2.29. The van der Waals surface area contributed by atoms with Gasteiger partial charge in [-0.05, 0) is 41.5 Å². The van der Waals surface area contributed by atoms with Gasteiger partial charge in [0.2, 0.25) is 5.89 Å². The Balaban J connectivity index is 1.70. The van der Waals surface area contributed by atoms with E-state index in [1.54, 1.807) is 37.5 Å². The number of benzene rings is 2. The van der Waals surface area contributed by atoms with Gasteiger partial charge in [0.1, 0.15) is 12.4 Å². The predicted octanol–water partition coefficient (Wildman–Crippen LogP) is 3.55. The number of nitrogens with two attached hydrogens (primary N) is 1. The Morgan fingerprint density at radius 2 is 1.88 bits per heavy atom. The number of hydrogen-bond donors (Lipinski definition) is 1. The van der Waals surface area contributed by atoms with Crippen molar-refractivity contribution in [3.63, 3.8) is 0 Å². The standard InChI is InChI=1S/C18H16FN3O3/c1-23-16-10-12(5-9-17-21-22-18(20)25-17)4-8-15(16)24-11-13-2-6-14(19)7-3-13/h2-10H,11H2,1H3,(H2,20,22)/b9-5+. The summed E-state index contributed by atoms with van der Waals surface area (Å²) < 4.78 is 29.1. The number of halogens is 1. The highest BCUT2D eigenvalue weighted by atomic mass is 19.1. The van der Waals surface area contributed by atoms with Crippen LogP contribution in [0.25, 0.3) is 12.2 Å². The molecule has 7 heteroatoms. The van der Waals surface area contributed by atoms with Crippen molar-refractivity contribution in [2.45, 2.75) is 6.61 Å². The summed E-state index contributed by atoms with van der Waals surface area (Å²) in [5, 5.41) is 7.33. The molecule has 6 nitrogen and oxygen atoms in total. The van der Waals surface area contributed by atoms with Gasteiger partial charge in [-0.25, -0.2) is 4.39 Å². The lowest BCUT2D eigenvalue weighted by Gasteiger charge is -2.11. The zero-order valence-electron chi connectivity index (χ0n) is 13.5. The number of nitrogen functional groups attached to an aromatic ring is 1. The van der Waals surface area contributed by atoms with E-state index in [4.69, 9.17) is 19.6 Å². The Hall–Kier alpha value is -3.35. The molecule has 0 aliphatic heterocycles. The van der Waals surface area contributed by atoms with Crippen molar-refractivity contribution < 1.29 is 18.3 Å². The van der Waals surface area contributed by atoms with Crippen molar-refractivity contribution in [1.29, 1.82) is 0 Å². The summed E-state index contributed by atoms with van der Waals surface area (Å²) in [6, 6.07) is 11.6. The number of methoxy groups -OCH3 is 1. The van der Waals surface area contributed by atoms with Crippen LogP contribution in [0.3, 0.4) is 0 Å². The first kappa shape index (κ1) is 16.5. The average Bonchev–Trinajstić information content (AvgIpc) is 3.05. The van der Waals surface area contributed by atoms with Gasteiger partial charge in [-0.15, -0.1) is 5.10 Å². The molecule has 2 aromatic carbocycles. The number of nitrogens with zero attached hydrogens (tertiary/aromatic N) is 2. The smallest absolute Gasteiger partial charge is 0.313 e. The number of ether oxygens (including phenoxy) is 2. The molecule has 0 unspecified atom stereocenters. The monoisotopic (exact) mass is 341 g/mol. The Morgan fingerprint density at radius 3 is 2.56 bits per heavy atom. The molecule has 0 amide bonds. The molecule has 0 aliphatic rings. The SMILES string of the molecule is COc1cc(/C=C/c2nnc(N)o2)ccc1OCc1ccc(F)cc1. The van der Waals surface area contributed by atoms with Gasteiger partial charge in [0.05, 0.1) is 7.11 Å². The summed E-state index contributed by atoms with van der Waals surface area (Å²) in [7, 11) is 1.56. The van der Waals surface area contributed by atoms with E-state index in [1.807, 2.05) is 12.1 Å². The van der Waals surface area contributed by atoms with E-state index in [2.05, 4.69) is 10.2 Å². The van der Waals surface area contributed by atoms with Gasteiger partial charge in [-0.2, -0.15) is 0 Å². The highest BCUT2D eigenvalue weighted by Gasteiger charge is 2.06. The van der Waals surface area contributed by atoms with Gasteiger partial charge in [0.15, 0.2) is 11.5 Å². The summed E-state index contributed by atoms with van der Waals surface area (Å²) in [5.74, 6) is 1.20. The molecule has 3 rings (SSSR count). The van der Waals surface area contributed by atoms with E-state index >= 15 is 0 Å². The van der Waals surface area contributed by atoms with Crippen molar-refractivity contribution in [2.75, 3.05) is 12.8 Å². The molecule has 0 bridgehead atoms. The zero-order chi connectivity index (χ0) is 17.6. The molecular formula is C18H16FN3O3. The maximum absolute atomic E-state index is 12.9. The molecule has 0 atom stereocenters. The lowest BCUT2D eigenvalue weighted by atomic mass is 10.2. The molecule has 2 N–H and O–H groups in total. The van der Waals surface area contributed by atoms with Crippen molar-refractivity contribution in [3.05, 3.63) is 65.3 Å². The predicted molar refractivity (Wildman–Crippen MR) is 91.4 cm³/mol. The van der Waals surface area contributed by atoms with Gasteiger partial charge in [0.25, 0.3) is 0 Å². The Morgan fingerprint density at radius 1 is 1.08 bits per heavy atom. The quantitative estimate of drug-likeness (QED) is 0.738. The number of hydrogen-bond acceptors (Lipinski definition) is 6. The molecule has 1 aromatic heterocycles. The van der Waals surface area contributed by atoms with Crippen molar-refractivity contribution >= 4 is 18.2 Å². The summed E-state index contributed by atoms with van der Waals surface area (Å²) in [4.78, 5) is 0. The van der Waals surface area contributed by atoms with Gasteiger partial charge >= 0.3 is 6.01 Å². The fourth-order valence-corrected chi connectivity index (χ4v) is 2.13. The first-order valence-corrected chi connectivity index (χ1v) is 7.46. The molecule has 3 aromatic rings. The van der Waals surface area contributed by atoms with Crippen LogP contribution in [0.4, 0.5) is 10.4 Å². The maximum atomic E-state index is 12.9. The molecule has 0 saturated carbocycles. The van der Waals surface area contributed by atoms with Gasteiger partial charge < -0.3 is 19.6 Å². The number of anilines is 1. The van der Waals surface area contributed by atoms with E-state index in [1.165, 1.54) is 12.1 Å². The van der Waals surface area contributed by atoms with Gasteiger partial charge in [-0.1, -0.05) is 23.3 Å². The van der Waals surface area contributed by atoms with Crippen LogP contribution in [0.5, 0.6) is 11.5 Å². The highest BCUT2D eigenvalue weighted by molar-refractivity contribution is 5.68. The summed E-state index contributed by atoms with van der Waals surface area (Å²) in [5.41, 5.74) is 7.10. The Bertz CT molecular complexity index is 876. The van der Waals surface area contributed by atoms with Crippen molar-refractivity contribution in [1.82, 2.24) is 10.2 Å². The third-order valence-electron chi connectivity index (χ3n) is 3.37. The lowest BCUT2D eigenvalue weighted by Crippen LogP contribution is -1.98. The fourth-order valence-electron chi connectivity index (χ4n) is 2.13. The minimum Gasteiger partial charge on any atom is -0.493 e. The Labute approximate surface area is 143 Å². The minimum atomic E-state index is -0.277. The van der Waals surface area contributed by atoms with Gasteiger partial charge in [-0.3, -0.25) is 0 Å². The minimum absolute atomic E-state index is 0.0155. The van der Waals surface area contributed by atoms with E-state index in [-0.39, 0.29) is 11.8 Å². The normalized spacial score (nSPS) is 11.0. The second-order valence-electron chi connectivity index (χ2n) is 5.14. The fraction of sp³-hybridized carbons (Fsp3) is 0.111. The first-order valence-electron chi connectivity index (χ1n) is 7.46. The summed E-state index contributed by atoms with van der Waals surface area (Å²) in [6.45, 7) is 0.313. The van der Waals surface area contributed by atoms with Crippen LogP contribution in [0, 0.1) is 5.82 Å². The van der Waals surface area contributed by atoms with Crippen LogP contribution in [-0.2, 0) is 6.61 Å². The Kier molecular flexibility index (Phi) is 4.94. The van der Waals surface area contributed by atoms with Crippen molar-refractivity contribution in [2.24, 2.45) is 0 Å². The molecule has 0 saturated heterocycles. The number of aromatic nitrogens is 2. The largest absolute Gasteiger partial charge is 0.493 e. The van der Waals surface area contributed by atoms with Crippen LogP contribution >= 0.6 is 0 Å². The van der Waals surface area contributed by atoms with E-state index in [9.17, 15) is 4.39 Å². The summed E-state index contributed by atoms with van der Waals surface area (Å²) in [6.07, 6.45) is 3.44. The second-order valence-corrected chi connectivity index (χ2v) is 5.14. The number of rotatable bonds is 6. The first-order chi connectivity index (χ1) is 12.1. The third kappa shape index (κ3) is 4.35. The molecule has 128 valence electrons. The van der Waals surface area contributed by atoms with E-state index in [0.29, 0.717) is 24.0 Å². The third-order valence-corrected chi connectivity index (χ3v) is 3.37. The molecule has 0 aliphatic carbocycles. The molecule has 25 heavy (non-hydrogen) atoms. The lowest BCUT2D eigenvalue weighted by molar-refractivity contribution is 0.284. The molecule has 0 radical (unpaired) electrons. The second kappa shape index (κ2) is 7.48. The van der Waals surface area contributed by atoms with Crippen LogP contribution in [0.2, 0.25) is 0 Å². The molecule has 0 fully saturated rings. The molecule has 0 spiro atoms. The maximum Gasteiger partial charge on any atom is 0.313 e. The molecular weight excluding hydrogens is 325 g/mol. The zero-order valence-corrected chi connectivity index (χ0v) is 13.5. The van der Waals surface area contributed by atoms with Crippen LogP contribution in [-0.4, -0.2) is 17.3 Å². The summed E-state index contributed by atoms with van der Waals surface area (Å²) >= 11 is 0. The van der Waals surface area contributed by atoms with Crippen molar-refractivity contribution in [3.8, 4) is 11.5 Å².